The molecule has 1 aliphatic carbocycles. The van der Waals surface area contributed by atoms with Crippen LogP contribution in [0.15, 0.2) is 0 Å². The molecule has 0 aromatic carbocycles. The molecule has 1 aliphatic rings. The molecule has 3 atom stereocenters. The van der Waals surface area contributed by atoms with Crippen LogP contribution in [-0.2, 0) is 0 Å². The molecule has 0 bridgehead atoms. The van der Waals surface area contributed by atoms with Gasteiger partial charge >= 0.3 is 0 Å². The SMILES string of the molecule is CC(S)C1CCCCC1Cl. The largest absolute Gasteiger partial charge is 0.176 e. The van der Waals surface area contributed by atoms with E-state index in [4.69, 9.17) is 11.6 Å². The van der Waals surface area contributed by atoms with Gasteiger partial charge in [-0.25, -0.2) is 0 Å². The van der Waals surface area contributed by atoms with Gasteiger partial charge in [-0.05, 0) is 18.8 Å². The summed E-state index contributed by atoms with van der Waals surface area (Å²) in [5, 5.41) is 0.865. The van der Waals surface area contributed by atoms with Crippen molar-refractivity contribution in [2.75, 3.05) is 0 Å². The number of halogens is 1. The molecule has 0 aromatic rings. The Kier molecular flexibility index (Phi) is 3.38. The highest BCUT2D eigenvalue weighted by Gasteiger charge is 2.25. The molecule has 0 saturated heterocycles. The molecule has 0 nitrogen and oxygen atoms in total. The summed E-state index contributed by atoms with van der Waals surface area (Å²) < 4.78 is 0. The second-order valence-electron chi connectivity index (χ2n) is 3.20. The van der Waals surface area contributed by atoms with Gasteiger partial charge in [-0.1, -0.05) is 19.8 Å². The van der Waals surface area contributed by atoms with Crippen molar-refractivity contribution in [2.45, 2.75) is 43.2 Å². The molecule has 0 heterocycles. The van der Waals surface area contributed by atoms with Gasteiger partial charge in [0.25, 0.3) is 0 Å². The summed E-state index contributed by atoms with van der Waals surface area (Å²) in [4.78, 5) is 0. The number of hydrogen-bond acceptors (Lipinski definition) is 1. The number of hydrogen-bond donors (Lipinski definition) is 1. The molecular weight excluding hydrogens is 164 g/mol. The summed E-state index contributed by atoms with van der Waals surface area (Å²) in [6.07, 6.45) is 5.12. The highest BCUT2D eigenvalue weighted by molar-refractivity contribution is 7.80. The van der Waals surface area contributed by atoms with Crippen LogP contribution in [0.25, 0.3) is 0 Å². The van der Waals surface area contributed by atoms with E-state index in [1.54, 1.807) is 0 Å². The van der Waals surface area contributed by atoms with Crippen molar-refractivity contribution in [1.82, 2.24) is 0 Å². The summed E-state index contributed by atoms with van der Waals surface area (Å²) in [7, 11) is 0. The topological polar surface area (TPSA) is 0 Å². The smallest absolute Gasteiger partial charge is 0.0374 e. The van der Waals surface area contributed by atoms with Gasteiger partial charge in [0.05, 0.1) is 0 Å². The van der Waals surface area contributed by atoms with Gasteiger partial charge in [-0.15, -0.1) is 11.6 Å². The molecular formula is C8H15ClS. The fourth-order valence-electron chi connectivity index (χ4n) is 1.66. The second-order valence-corrected chi connectivity index (χ2v) is 4.58. The van der Waals surface area contributed by atoms with Gasteiger partial charge in [0, 0.05) is 10.6 Å². The van der Waals surface area contributed by atoms with Crippen LogP contribution < -0.4 is 0 Å². The Morgan fingerprint density at radius 3 is 2.40 bits per heavy atom. The zero-order valence-electron chi connectivity index (χ0n) is 6.39. The van der Waals surface area contributed by atoms with E-state index in [1.165, 1.54) is 25.7 Å². The Morgan fingerprint density at radius 1 is 1.40 bits per heavy atom. The number of thiol groups is 1. The monoisotopic (exact) mass is 178 g/mol. The summed E-state index contributed by atoms with van der Waals surface area (Å²) in [6.45, 7) is 2.15. The van der Waals surface area contributed by atoms with Crippen molar-refractivity contribution in [3.63, 3.8) is 0 Å². The molecule has 1 saturated carbocycles. The lowest BCUT2D eigenvalue weighted by Crippen LogP contribution is -2.26. The molecule has 0 amide bonds. The lowest BCUT2D eigenvalue weighted by atomic mass is 9.87. The van der Waals surface area contributed by atoms with E-state index >= 15 is 0 Å². The van der Waals surface area contributed by atoms with Crippen molar-refractivity contribution in [3.8, 4) is 0 Å². The molecule has 3 unspecified atom stereocenters. The van der Waals surface area contributed by atoms with Gasteiger partial charge < -0.3 is 0 Å². The van der Waals surface area contributed by atoms with Crippen LogP contribution in [0.5, 0.6) is 0 Å². The van der Waals surface area contributed by atoms with E-state index < -0.39 is 0 Å². The van der Waals surface area contributed by atoms with Gasteiger partial charge in [0.1, 0.15) is 0 Å². The first kappa shape index (κ1) is 8.73. The average molecular weight is 179 g/mol. The second kappa shape index (κ2) is 3.87. The summed E-state index contributed by atoms with van der Waals surface area (Å²) >= 11 is 10.5. The molecule has 0 radical (unpaired) electrons. The fourth-order valence-corrected chi connectivity index (χ4v) is 2.61. The van der Waals surface area contributed by atoms with Gasteiger partial charge in [-0.3, -0.25) is 0 Å². The van der Waals surface area contributed by atoms with E-state index in [9.17, 15) is 0 Å². The van der Waals surface area contributed by atoms with Crippen LogP contribution in [0.1, 0.15) is 32.6 Å². The van der Waals surface area contributed by atoms with Crippen LogP contribution in [0, 0.1) is 5.92 Å². The van der Waals surface area contributed by atoms with Crippen LogP contribution in [0.4, 0.5) is 0 Å². The van der Waals surface area contributed by atoms with Crippen LogP contribution in [-0.4, -0.2) is 10.6 Å². The van der Waals surface area contributed by atoms with E-state index in [0.717, 1.165) is 0 Å². The van der Waals surface area contributed by atoms with E-state index in [-0.39, 0.29) is 0 Å². The first-order valence-corrected chi connectivity index (χ1v) is 4.99. The number of alkyl halides is 1. The van der Waals surface area contributed by atoms with Crippen molar-refractivity contribution in [1.29, 1.82) is 0 Å². The van der Waals surface area contributed by atoms with Crippen LogP contribution >= 0.6 is 24.2 Å². The molecule has 0 aliphatic heterocycles. The molecule has 60 valence electrons. The Hall–Kier alpha value is 0.640. The molecule has 0 spiro atoms. The van der Waals surface area contributed by atoms with E-state index in [1.807, 2.05) is 0 Å². The maximum Gasteiger partial charge on any atom is 0.0374 e. The third kappa shape index (κ3) is 2.06. The molecule has 2 heteroatoms. The lowest BCUT2D eigenvalue weighted by Gasteiger charge is -2.29. The molecule has 10 heavy (non-hydrogen) atoms. The van der Waals surface area contributed by atoms with E-state index in [0.29, 0.717) is 16.5 Å². The third-order valence-corrected chi connectivity index (χ3v) is 3.28. The van der Waals surface area contributed by atoms with Crippen LogP contribution in [0.2, 0.25) is 0 Å². The quantitative estimate of drug-likeness (QED) is 0.463. The number of rotatable bonds is 1. The lowest BCUT2D eigenvalue weighted by molar-refractivity contribution is 0.365. The predicted molar refractivity (Wildman–Crippen MR) is 50.0 cm³/mol. The first-order chi connectivity index (χ1) is 4.72. The minimum Gasteiger partial charge on any atom is -0.176 e. The van der Waals surface area contributed by atoms with Gasteiger partial charge in [-0.2, -0.15) is 12.6 Å². The molecule has 1 fully saturated rings. The van der Waals surface area contributed by atoms with Crippen molar-refractivity contribution in [3.05, 3.63) is 0 Å². The molecule has 0 aromatic heterocycles. The molecule has 1 rings (SSSR count). The maximum absolute atomic E-state index is 6.13. The van der Waals surface area contributed by atoms with Gasteiger partial charge in [0.2, 0.25) is 0 Å². The summed E-state index contributed by atoms with van der Waals surface area (Å²) in [5.74, 6) is 0.652. The van der Waals surface area contributed by atoms with Crippen molar-refractivity contribution < 1.29 is 0 Å². The van der Waals surface area contributed by atoms with Crippen molar-refractivity contribution in [2.24, 2.45) is 5.92 Å². The average Bonchev–Trinajstić information content (AvgIpc) is 1.88. The maximum atomic E-state index is 6.13. The molecule has 0 N–H and O–H groups in total. The normalized spacial score (nSPS) is 37.5. The van der Waals surface area contributed by atoms with Gasteiger partial charge in [0.15, 0.2) is 0 Å². The van der Waals surface area contributed by atoms with E-state index in [2.05, 4.69) is 19.6 Å². The Labute approximate surface area is 73.7 Å². The van der Waals surface area contributed by atoms with Crippen molar-refractivity contribution >= 4 is 24.2 Å². The zero-order chi connectivity index (χ0) is 7.56. The highest BCUT2D eigenvalue weighted by Crippen LogP contribution is 2.32. The standard InChI is InChI=1S/C8H15ClS/c1-6(10)7-4-2-3-5-8(7)9/h6-8,10H,2-5H2,1H3. The minimum atomic E-state index is 0.390. The summed E-state index contributed by atoms with van der Waals surface area (Å²) in [6, 6.07) is 0. The Bertz CT molecular complexity index is 103. The third-order valence-electron chi connectivity index (χ3n) is 2.35. The zero-order valence-corrected chi connectivity index (χ0v) is 8.04. The van der Waals surface area contributed by atoms with Crippen LogP contribution in [0.3, 0.4) is 0 Å². The Morgan fingerprint density at radius 2 is 2.00 bits per heavy atom. The minimum absolute atomic E-state index is 0.390. The fraction of sp³-hybridized carbons (Fsp3) is 1.00. The highest BCUT2D eigenvalue weighted by atomic mass is 35.5. The Balaban J connectivity index is 2.40. The first-order valence-electron chi connectivity index (χ1n) is 4.04. The predicted octanol–water partition coefficient (Wildman–Crippen LogP) is 3.10. The summed E-state index contributed by atoms with van der Waals surface area (Å²) in [5.41, 5.74) is 0.